The first-order chi connectivity index (χ1) is 18.6. The van der Waals surface area contributed by atoms with E-state index >= 15 is 0 Å². The van der Waals surface area contributed by atoms with Crippen molar-refractivity contribution in [2.24, 2.45) is 5.73 Å². The van der Waals surface area contributed by atoms with Crippen molar-refractivity contribution in [2.45, 2.75) is 115 Å². The highest BCUT2D eigenvalue weighted by atomic mass is 35.5. The number of hydrogen-bond acceptors (Lipinski definition) is 9. The number of nitrogens with zero attached hydrogens (tertiary/aromatic N) is 5. The summed E-state index contributed by atoms with van der Waals surface area (Å²) in [5, 5.41) is 11.9. The van der Waals surface area contributed by atoms with Gasteiger partial charge < -0.3 is 31.1 Å². The molecule has 0 aromatic carbocycles. The highest BCUT2D eigenvalue weighted by Gasteiger charge is 2.27. The summed E-state index contributed by atoms with van der Waals surface area (Å²) in [4.78, 5) is 32.2. The van der Waals surface area contributed by atoms with Crippen LogP contribution in [0, 0.1) is 0 Å². The van der Waals surface area contributed by atoms with Gasteiger partial charge in [-0.1, -0.05) is 32.6 Å². The molecule has 226 valence electrons. The summed E-state index contributed by atoms with van der Waals surface area (Å²) in [6.45, 7) is 4.16. The Morgan fingerprint density at radius 1 is 0.975 bits per heavy atom. The Morgan fingerprint density at radius 3 is 2.38 bits per heavy atom. The fourth-order valence-corrected chi connectivity index (χ4v) is 5.98. The molecule has 2 saturated carbocycles. The first-order valence-electron chi connectivity index (χ1n) is 14.8. The quantitative estimate of drug-likeness (QED) is 0.272. The molecule has 11 nitrogen and oxygen atoms in total. The third-order valence-electron chi connectivity index (χ3n) is 8.30. The average Bonchev–Trinajstić information content (AvgIpc) is 3.59. The number of imidazole rings is 1. The van der Waals surface area contributed by atoms with Gasteiger partial charge in [0.15, 0.2) is 17.0 Å². The van der Waals surface area contributed by atoms with E-state index in [0.717, 1.165) is 74.8 Å². The molecule has 5 N–H and O–H groups in total. The zero-order valence-electron chi connectivity index (χ0n) is 23.6. The highest BCUT2D eigenvalue weighted by molar-refractivity contribution is 5.86. The molecule has 3 fully saturated rings. The van der Waals surface area contributed by atoms with Crippen LogP contribution in [-0.4, -0.2) is 68.4 Å². The third-order valence-corrected chi connectivity index (χ3v) is 8.30. The van der Waals surface area contributed by atoms with E-state index in [-0.39, 0.29) is 36.9 Å². The Kier molecular flexibility index (Phi) is 12.8. The third kappa shape index (κ3) is 8.47. The minimum atomic E-state index is -0.359. The van der Waals surface area contributed by atoms with E-state index < -0.39 is 0 Å². The number of anilines is 2. The van der Waals surface area contributed by atoms with E-state index in [1.165, 1.54) is 25.7 Å². The van der Waals surface area contributed by atoms with Gasteiger partial charge in [-0.3, -0.25) is 0 Å². The number of piperidine rings is 1. The number of nitrogens with one attached hydrogen (secondary N) is 3. The lowest BCUT2D eigenvalue weighted by atomic mass is 9.92. The van der Waals surface area contributed by atoms with Gasteiger partial charge in [-0.05, 0) is 57.8 Å². The van der Waals surface area contributed by atoms with Gasteiger partial charge in [-0.25, -0.2) is 9.78 Å². The van der Waals surface area contributed by atoms with E-state index in [1.54, 1.807) is 5.06 Å². The summed E-state index contributed by atoms with van der Waals surface area (Å²) in [5.74, 6) is 1.45. The van der Waals surface area contributed by atoms with E-state index in [9.17, 15) is 4.79 Å². The summed E-state index contributed by atoms with van der Waals surface area (Å²) in [7, 11) is 0. The molecular formula is C27H47Cl2N9O2. The zero-order chi connectivity index (χ0) is 26.3. The lowest BCUT2D eigenvalue weighted by Crippen LogP contribution is -2.42. The highest BCUT2D eigenvalue weighted by Crippen LogP contribution is 2.34. The van der Waals surface area contributed by atoms with Crippen LogP contribution in [0.1, 0.15) is 96.4 Å². The summed E-state index contributed by atoms with van der Waals surface area (Å²) in [6.07, 6.45) is 15.5. The number of unbranched alkanes of at least 4 members (excludes halogenated alkanes) is 2. The number of nitrogens with two attached hydrogens (primary N) is 1. The van der Waals surface area contributed by atoms with Gasteiger partial charge in [0, 0.05) is 43.8 Å². The number of halogens is 2. The van der Waals surface area contributed by atoms with Gasteiger partial charge in [-0.2, -0.15) is 9.97 Å². The van der Waals surface area contributed by atoms with Crippen molar-refractivity contribution in [1.29, 1.82) is 0 Å². The van der Waals surface area contributed by atoms with Gasteiger partial charge in [0.2, 0.25) is 5.95 Å². The molecule has 5 rings (SSSR count). The van der Waals surface area contributed by atoms with Crippen LogP contribution < -0.4 is 21.7 Å². The molecule has 0 bridgehead atoms. The Morgan fingerprint density at radius 2 is 1.68 bits per heavy atom. The van der Waals surface area contributed by atoms with Crippen molar-refractivity contribution in [3.05, 3.63) is 6.33 Å². The fraction of sp³-hybridized carbons (Fsp3) is 0.778. The molecule has 40 heavy (non-hydrogen) atoms. The number of amides is 1. The zero-order valence-corrected chi connectivity index (χ0v) is 25.3. The molecule has 2 aromatic rings. The second-order valence-corrected chi connectivity index (χ2v) is 11.3. The molecule has 13 heteroatoms. The lowest BCUT2D eigenvalue weighted by molar-refractivity contribution is -0.112. The monoisotopic (exact) mass is 599 g/mol. The smallest absolute Gasteiger partial charge is 0.365 e. The van der Waals surface area contributed by atoms with Crippen molar-refractivity contribution in [3.63, 3.8) is 0 Å². The van der Waals surface area contributed by atoms with E-state index in [2.05, 4.69) is 27.4 Å². The number of rotatable bonds is 10. The predicted octanol–water partition coefficient (Wildman–Crippen LogP) is 5.17. The number of aromatic nitrogens is 4. The fourth-order valence-electron chi connectivity index (χ4n) is 5.98. The van der Waals surface area contributed by atoms with Gasteiger partial charge in [-0.15, -0.1) is 29.9 Å². The SMILES string of the molecule is CCCCCNC(=O)ON1CCC(Nc2nc(NC3CCC(N)CC3)nc3c2ncn3C2CCCC2)CC1.Cl.Cl. The maximum atomic E-state index is 12.1. The minimum Gasteiger partial charge on any atom is -0.365 e. The number of carbonyl (C=O) groups excluding carboxylic acids is 1. The van der Waals surface area contributed by atoms with Crippen LogP contribution in [0.5, 0.6) is 0 Å². The maximum Gasteiger partial charge on any atom is 0.426 e. The molecular weight excluding hydrogens is 553 g/mol. The van der Waals surface area contributed by atoms with Gasteiger partial charge >= 0.3 is 6.09 Å². The van der Waals surface area contributed by atoms with Gasteiger partial charge in [0.1, 0.15) is 0 Å². The normalized spacial score (nSPS) is 22.4. The Balaban J connectivity index is 0.00000220. The minimum absolute atomic E-state index is 0. The molecule has 2 aromatic heterocycles. The van der Waals surface area contributed by atoms with Crippen LogP contribution in [0.15, 0.2) is 6.33 Å². The summed E-state index contributed by atoms with van der Waals surface area (Å²) in [5.41, 5.74) is 7.86. The molecule has 0 radical (unpaired) electrons. The topological polar surface area (TPSA) is 135 Å². The molecule has 1 amide bonds. The van der Waals surface area contributed by atoms with Crippen molar-refractivity contribution in [2.75, 3.05) is 30.3 Å². The van der Waals surface area contributed by atoms with E-state index in [4.69, 9.17) is 25.5 Å². The second-order valence-electron chi connectivity index (χ2n) is 11.3. The molecule has 0 unspecified atom stereocenters. The molecule has 0 atom stereocenters. The maximum absolute atomic E-state index is 12.1. The summed E-state index contributed by atoms with van der Waals surface area (Å²) >= 11 is 0. The van der Waals surface area contributed by atoms with Gasteiger partial charge in [0.25, 0.3) is 0 Å². The molecule has 3 heterocycles. The van der Waals surface area contributed by atoms with Crippen molar-refractivity contribution in [1.82, 2.24) is 29.9 Å². The van der Waals surface area contributed by atoms with Crippen molar-refractivity contribution >= 4 is 53.8 Å². The number of hydrogen-bond donors (Lipinski definition) is 4. The predicted molar refractivity (Wildman–Crippen MR) is 163 cm³/mol. The van der Waals surface area contributed by atoms with Gasteiger partial charge in [0.05, 0.1) is 6.33 Å². The molecule has 3 aliphatic rings. The van der Waals surface area contributed by atoms with Crippen LogP contribution >= 0.6 is 24.8 Å². The largest absolute Gasteiger partial charge is 0.426 e. The summed E-state index contributed by atoms with van der Waals surface area (Å²) < 4.78 is 2.26. The van der Waals surface area contributed by atoms with E-state index in [1.807, 2.05) is 6.33 Å². The van der Waals surface area contributed by atoms with Crippen molar-refractivity contribution in [3.8, 4) is 0 Å². The van der Waals surface area contributed by atoms with Crippen LogP contribution in [-0.2, 0) is 4.84 Å². The number of hydroxylamine groups is 2. The Bertz CT molecular complexity index is 1050. The second kappa shape index (κ2) is 15.8. The summed E-state index contributed by atoms with van der Waals surface area (Å²) in [6, 6.07) is 1.32. The first-order valence-corrected chi connectivity index (χ1v) is 14.8. The van der Waals surface area contributed by atoms with Crippen LogP contribution in [0.3, 0.4) is 0 Å². The Hall–Kier alpha value is -2.08. The molecule has 1 aliphatic heterocycles. The van der Waals surface area contributed by atoms with E-state index in [0.29, 0.717) is 43.7 Å². The number of carbonyl (C=O) groups is 1. The first kappa shape index (κ1) is 32.4. The Labute approximate surface area is 249 Å². The average molecular weight is 601 g/mol. The van der Waals surface area contributed by atoms with Crippen LogP contribution in [0.2, 0.25) is 0 Å². The molecule has 2 aliphatic carbocycles. The van der Waals surface area contributed by atoms with Crippen LogP contribution in [0.25, 0.3) is 11.2 Å². The molecule has 1 saturated heterocycles. The molecule has 0 spiro atoms. The van der Waals surface area contributed by atoms with Crippen molar-refractivity contribution < 1.29 is 9.63 Å². The number of fused-ring (bicyclic) bond motifs is 1. The standard InChI is InChI=1S/C27H45N9O2.2ClH/c1-2-3-6-15-29-27(37)38-35-16-13-21(14-17-35)31-24-23-25(36(18-30-23)22-7-4-5-8-22)34-26(33-24)32-20-11-9-19(28)10-12-20;;/h18-22H,2-17,28H2,1H3,(H,29,37)(H2,31,32,33,34);2*1H. The van der Waals surface area contributed by atoms with Crippen LogP contribution in [0.4, 0.5) is 16.6 Å². The lowest BCUT2D eigenvalue weighted by Gasteiger charge is -2.31.